The maximum atomic E-state index is 13.7. The first-order valence-corrected chi connectivity index (χ1v) is 8.54. The topological polar surface area (TPSA) is 64.6 Å². The molecule has 0 aliphatic heterocycles. The van der Waals surface area contributed by atoms with E-state index < -0.39 is 41.1 Å². The number of esters is 1. The first kappa shape index (κ1) is 20.2. The van der Waals surface area contributed by atoms with Gasteiger partial charge in [-0.05, 0) is 42.0 Å². The summed E-state index contributed by atoms with van der Waals surface area (Å²) < 4.78 is 50.3. The van der Waals surface area contributed by atoms with Crippen LogP contribution in [0.3, 0.4) is 0 Å². The number of fused-ring (bicyclic) bond motifs is 1. The minimum absolute atomic E-state index is 0.102. The minimum atomic E-state index is -1.71. The van der Waals surface area contributed by atoms with Crippen molar-refractivity contribution in [2.75, 3.05) is 12.4 Å². The van der Waals surface area contributed by atoms with E-state index in [-0.39, 0.29) is 11.3 Å². The fourth-order valence-electron chi connectivity index (χ4n) is 2.68. The van der Waals surface area contributed by atoms with Crippen LogP contribution in [0.1, 0.15) is 17.3 Å². The summed E-state index contributed by atoms with van der Waals surface area (Å²) in [6, 6.07) is 12.0. The maximum Gasteiger partial charge on any atom is 0.342 e. The predicted molar refractivity (Wildman–Crippen MR) is 100 cm³/mol. The van der Waals surface area contributed by atoms with Gasteiger partial charge in [0.2, 0.25) is 0 Å². The van der Waals surface area contributed by atoms with Crippen LogP contribution in [0.2, 0.25) is 0 Å². The standard InChI is InChI=1S/C21H16F3NO4/c1-11(20(26)25-16-8-7-15(22)18(23)19(16)24)29-21(27)14-9-12-5-3-4-6-13(12)10-17(14)28-2/h3-11H,1-2H3,(H,25,26)/t11-/m1/s1. The number of hydrogen-bond donors (Lipinski definition) is 1. The van der Waals surface area contributed by atoms with Gasteiger partial charge in [-0.25, -0.2) is 18.0 Å². The highest BCUT2D eigenvalue weighted by Crippen LogP contribution is 2.27. The highest BCUT2D eigenvalue weighted by atomic mass is 19.2. The number of rotatable bonds is 5. The molecule has 0 aliphatic carbocycles. The van der Waals surface area contributed by atoms with Crippen LogP contribution in [0.25, 0.3) is 10.8 Å². The average molecular weight is 403 g/mol. The SMILES string of the molecule is COc1cc2ccccc2cc1C(=O)O[C@H](C)C(=O)Nc1ccc(F)c(F)c1F. The molecule has 0 saturated carbocycles. The molecule has 0 bridgehead atoms. The van der Waals surface area contributed by atoms with Gasteiger partial charge in [0.1, 0.15) is 11.3 Å². The van der Waals surface area contributed by atoms with Crippen molar-refractivity contribution in [3.05, 3.63) is 71.5 Å². The quantitative estimate of drug-likeness (QED) is 0.505. The Morgan fingerprint density at radius 3 is 2.28 bits per heavy atom. The highest BCUT2D eigenvalue weighted by Gasteiger charge is 2.24. The molecule has 0 fully saturated rings. The number of methoxy groups -OCH3 is 1. The lowest BCUT2D eigenvalue weighted by Crippen LogP contribution is -2.30. The van der Waals surface area contributed by atoms with Crippen molar-refractivity contribution in [1.82, 2.24) is 0 Å². The molecule has 1 amide bonds. The number of carbonyl (C=O) groups excluding carboxylic acids is 2. The fraction of sp³-hybridized carbons (Fsp3) is 0.143. The number of hydrogen-bond acceptors (Lipinski definition) is 4. The third-order valence-electron chi connectivity index (χ3n) is 4.23. The van der Waals surface area contributed by atoms with Crippen molar-refractivity contribution in [3.63, 3.8) is 0 Å². The molecule has 0 unspecified atom stereocenters. The molecule has 0 aliphatic rings. The molecule has 1 N–H and O–H groups in total. The average Bonchev–Trinajstić information content (AvgIpc) is 2.72. The first-order valence-electron chi connectivity index (χ1n) is 8.54. The van der Waals surface area contributed by atoms with Crippen molar-refractivity contribution >= 4 is 28.3 Å². The number of anilines is 1. The molecule has 150 valence electrons. The van der Waals surface area contributed by atoms with Crippen LogP contribution in [0.5, 0.6) is 5.75 Å². The number of amides is 1. The van der Waals surface area contributed by atoms with Crippen molar-refractivity contribution < 1.29 is 32.2 Å². The van der Waals surface area contributed by atoms with Gasteiger partial charge in [-0.1, -0.05) is 24.3 Å². The number of carbonyl (C=O) groups is 2. The molecule has 3 aromatic carbocycles. The number of halogens is 3. The molecule has 3 rings (SSSR count). The van der Waals surface area contributed by atoms with E-state index >= 15 is 0 Å². The lowest BCUT2D eigenvalue weighted by atomic mass is 10.1. The molecule has 0 spiro atoms. The van der Waals surface area contributed by atoms with Crippen LogP contribution in [-0.2, 0) is 9.53 Å². The third-order valence-corrected chi connectivity index (χ3v) is 4.23. The molecule has 0 saturated heterocycles. The van der Waals surface area contributed by atoms with E-state index in [9.17, 15) is 22.8 Å². The molecular weight excluding hydrogens is 387 g/mol. The van der Waals surface area contributed by atoms with Gasteiger partial charge in [-0.2, -0.15) is 0 Å². The summed E-state index contributed by atoms with van der Waals surface area (Å²) in [5, 5.41) is 3.68. The lowest BCUT2D eigenvalue weighted by Gasteiger charge is -2.16. The Hall–Kier alpha value is -3.55. The monoisotopic (exact) mass is 403 g/mol. The Morgan fingerprint density at radius 1 is 0.966 bits per heavy atom. The molecule has 0 aromatic heterocycles. The van der Waals surface area contributed by atoms with Gasteiger partial charge in [0.05, 0.1) is 12.8 Å². The van der Waals surface area contributed by atoms with Gasteiger partial charge in [-0.15, -0.1) is 0 Å². The van der Waals surface area contributed by atoms with Gasteiger partial charge in [-0.3, -0.25) is 4.79 Å². The second-order valence-corrected chi connectivity index (χ2v) is 6.16. The highest BCUT2D eigenvalue weighted by molar-refractivity contribution is 6.01. The summed E-state index contributed by atoms with van der Waals surface area (Å²) >= 11 is 0. The summed E-state index contributed by atoms with van der Waals surface area (Å²) in [5.74, 6) is -6.14. The van der Waals surface area contributed by atoms with Crippen LogP contribution in [0.4, 0.5) is 18.9 Å². The number of benzene rings is 3. The van der Waals surface area contributed by atoms with Crippen LogP contribution in [-0.4, -0.2) is 25.1 Å². The van der Waals surface area contributed by atoms with Gasteiger partial charge in [0.25, 0.3) is 5.91 Å². The molecule has 5 nitrogen and oxygen atoms in total. The summed E-state index contributed by atoms with van der Waals surface area (Å²) in [5.41, 5.74) is -0.468. The van der Waals surface area contributed by atoms with Gasteiger partial charge in [0.15, 0.2) is 23.6 Å². The van der Waals surface area contributed by atoms with Crippen LogP contribution < -0.4 is 10.1 Å². The van der Waals surface area contributed by atoms with E-state index in [2.05, 4.69) is 5.32 Å². The Balaban J connectivity index is 1.77. The lowest BCUT2D eigenvalue weighted by molar-refractivity contribution is -0.123. The smallest absolute Gasteiger partial charge is 0.342 e. The molecule has 0 radical (unpaired) electrons. The first-order chi connectivity index (χ1) is 13.8. The summed E-state index contributed by atoms with van der Waals surface area (Å²) in [7, 11) is 1.39. The fourth-order valence-corrected chi connectivity index (χ4v) is 2.68. The van der Waals surface area contributed by atoms with Crippen molar-refractivity contribution in [1.29, 1.82) is 0 Å². The number of ether oxygens (including phenoxy) is 2. The third kappa shape index (κ3) is 4.16. The van der Waals surface area contributed by atoms with E-state index in [4.69, 9.17) is 9.47 Å². The maximum absolute atomic E-state index is 13.7. The van der Waals surface area contributed by atoms with E-state index in [1.165, 1.54) is 14.0 Å². The van der Waals surface area contributed by atoms with E-state index in [1.54, 1.807) is 24.3 Å². The summed E-state index contributed by atoms with van der Waals surface area (Å²) in [4.78, 5) is 24.7. The zero-order chi connectivity index (χ0) is 21.1. The Labute approximate surface area is 164 Å². The van der Waals surface area contributed by atoms with E-state index in [0.29, 0.717) is 6.07 Å². The largest absolute Gasteiger partial charge is 0.496 e. The normalized spacial score (nSPS) is 11.8. The van der Waals surface area contributed by atoms with Crippen molar-refractivity contribution in [2.45, 2.75) is 13.0 Å². The zero-order valence-corrected chi connectivity index (χ0v) is 15.5. The molecule has 0 heterocycles. The van der Waals surface area contributed by atoms with Crippen LogP contribution >= 0.6 is 0 Å². The molecular formula is C21H16F3NO4. The van der Waals surface area contributed by atoms with Gasteiger partial charge >= 0.3 is 5.97 Å². The van der Waals surface area contributed by atoms with Crippen molar-refractivity contribution in [2.24, 2.45) is 0 Å². The van der Waals surface area contributed by atoms with E-state index in [0.717, 1.165) is 16.8 Å². The van der Waals surface area contributed by atoms with E-state index in [1.807, 2.05) is 12.1 Å². The Kier molecular flexibility index (Phi) is 5.72. The summed E-state index contributed by atoms with van der Waals surface area (Å²) in [6.07, 6.45) is -1.34. The van der Waals surface area contributed by atoms with Crippen molar-refractivity contribution in [3.8, 4) is 5.75 Å². The molecule has 1 atom stereocenters. The molecule has 3 aromatic rings. The minimum Gasteiger partial charge on any atom is -0.496 e. The van der Waals surface area contributed by atoms with Gasteiger partial charge < -0.3 is 14.8 Å². The molecule has 8 heteroatoms. The molecule has 29 heavy (non-hydrogen) atoms. The predicted octanol–water partition coefficient (Wildman–Crippen LogP) is 4.45. The van der Waals surface area contributed by atoms with Crippen LogP contribution in [0.15, 0.2) is 48.5 Å². The second kappa shape index (κ2) is 8.22. The Bertz CT molecular complexity index is 1100. The Morgan fingerprint density at radius 2 is 1.62 bits per heavy atom. The second-order valence-electron chi connectivity index (χ2n) is 6.16. The van der Waals surface area contributed by atoms with Crippen LogP contribution in [0, 0.1) is 17.5 Å². The number of nitrogens with one attached hydrogen (secondary N) is 1. The van der Waals surface area contributed by atoms with Gasteiger partial charge in [0, 0.05) is 0 Å². The zero-order valence-electron chi connectivity index (χ0n) is 15.5. The summed E-state index contributed by atoms with van der Waals surface area (Å²) in [6.45, 7) is 1.26.